The first-order valence-corrected chi connectivity index (χ1v) is 13.2. The van der Waals surface area contributed by atoms with Crippen molar-refractivity contribution >= 4 is 54.6 Å². The van der Waals surface area contributed by atoms with E-state index in [0.717, 1.165) is 88.7 Å². The van der Waals surface area contributed by atoms with Crippen LogP contribution in [0.15, 0.2) is 69.5 Å². The van der Waals surface area contributed by atoms with Crippen molar-refractivity contribution in [3.63, 3.8) is 0 Å². The van der Waals surface area contributed by atoms with Gasteiger partial charge in [0.1, 0.15) is 28.1 Å². The van der Waals surface area contributed by atoms with E-state index in [1.54, 1.807) is 0 Å². The first kappa shape index (κ1) is 22.9. The maximum Gasteiger partial charge on any atom is 0.136 e. The highest BCUT2D eigenvalue weighted by molar-refractivity contribution is 6.27. The summed E-state index contributed by atoms with van der Waals surface area (Å²) in [4.78, 5) is 0. The number of rotatable bonds is 10. The van der Waals surface area contributed by atoms with E-state index in [-0.39, 0.29) is 0 Å². The lowest BCUT2D eigenvalue weighted by atomic mass is 9.98. The van der Waals surface area contributed by atoms with Gasteiger partial charge in [-0.2, -0.15) is 0 Å². The van der Waals surface area contributed by atoms with E-state index in [0.29, 0.717) is 0 Å². The molecule has 184 valence electrons. The molecule has 2 heterocycles. The molecule has 4 heteroatoms. The standard InChI is InChI=1S/C32H32O4/c1-3-5-6-18-34-22-10-14-28-26(20-22)32-24-12-15-29-31(23(24)11-16-30(32)36-28)25-19-21(8-7-17-33-4-2)9-13-27(25)35-29/h9-16,19-20H,3-8,17-18H2,1-2H3. The summed E-state index contributed by atoms with van der Waals surface area (Å²) in [5.41, 5.74) is 4.92. The summed E-state index contributed by atoms with van der Waals surface area (Å²) < 4.78 is 24.1. The molecule has 0 unspecified atom stereocenters. The summed E-state index contributed by atoms with van der Waals surface area (Å²) in [5, 5.41) is 6.90. The molecule has 0 fully saturated rings. The van der Waals surface area contributed by atoms with Crippen LogP contribution in [0.25, 0.3) is 54.6 Å². The van der Waals surface area contributed by atoms with Gasteiger partial charge < -0.3 is 18.3 Å². The summed E-state index contributed by atoms with van der Waals surface area (Å²) in [6.45, 7) is 6.54. The van der Waals surface area contributed by atoms with E-state index >= 15 is 0 Å². The fourth-order valence-electron chi connectivity index (χ4n) is 5.29. The summed E-state index contributed by atoms with van der Waals surface area (Å²) in [6.07, 6.45) is 5.45. The Bertz CT molecular complexity index is 1540. The van der Waals surface area contributed by atoms with Crippen LogP contribution in [0.3, 0.4) is 0 Å². The molecule has 2 aromatic heterocycles. The molecular formula is C32H32O4. The predicted molar refractivity (Wildman–Crippen MR) is 148 cm³/mol. The zero-order chi connectivity index (χ0) is 24.5. The van der Waals surface area contributed by atoms with Crippen LogP contribution in [0.2, 0.25) is 0 Å². The monoisotopic (exact) mass is 480 g/mol. The molecule has 6 aromatic rings. The summed E-state index contributed by atoms with van der Waals surface area (Å²) in [6, 6.07) is 21.2. The third-order valence-corrected chi connectivity index (χ3v) is 7.07. The Morgan fingerprint density at radius 1 is 0.611 bits per heavy atom. The molecule has 0 aliphatic rings. The van der Waals surface area contributed by atoms with Crippen molar-refractivity contribution in [1.29, 1.82) is 0 Å². The molecule has 0 bridgehead atoms. The second-order valence-corrected chi connectivity index (χ2v) is 9.52. The highest BCUT2D eigenvalue weighted by atomic mass is 16.5. The number of furan rings is 2. The molecule has 0 saturated heterocycles. The zero-order valence-corrected chi connectivity index (χ0v) is 21.1. The lowest BCUT2D eigenvalue weighted by Crippen LogP contribution is -1.96. The number of unbranched alkanes of at least 4 members (excludes halogenated alkanes) is 2. The van der Waals surface area contributed by atoms with Gasteiger partial charge in [0.2, 0.25) is 0 Å². The molecule has 0 aliphatic carbocycles. The van der Waals surface area contributed by atoms with Crippen LogP contribution in [-0.4, -0.2) is 19.8 Å². The number of ether oxygens (including phenoxy) is 2. The Balaban J connectivity index is 1.47. The Hall–Kier alpha value is -3.50. The average Bonchev–Trinajstić information content (AvgIpc) is 3.47. The second-order valence-electron chi connectivity index (χ2n) is 9.52. The second kappa shape index (κ2) is 9.87. The van der Waals surface area contributed by atoms with Crippen LogP contribution < -0.4 is 4.74 Å². The molecule has 0 aliphatic heterocycles. The number of aryl methyl sites for hydroxylation is 1. The van der Waals surface area contributed by atoms with Crippen LogP contribution in [0.4, 0.5) is 0 Å². The largest absolute Gasteiger partial charge is 0.494 e. The number of hydrogen-bond acceptors (Lipinski definition) is 4. The lowest BCUT2D eigenvalue weighted by molar-refractivity contribution is 0.145. The highest BCUT2D eigenvalue weighted by Crippen LogP contribution is 2.41. The number of fused-ring (bicyclic) bond motifs is 9. The van der Waals surface area contributed by atoms with E-state index in [1.165, 1.54) is 29.2 Å². The van der Waals surface area contributed by atoms with Crippen molar-refractivity contribution in [1.82, 2.24) is 0 Å². The molecule has 6 rings (SSSR count). The molecule has 4 nitrogen and oxygen atoms in total. The van der Waals surface area contributed by atoms with Gasteiger partial charge in [0.25, 0.3) is 0 Å². The third-order valence-electron chi connectivity index (χ3n) is 7.07. The summed E-state index contributed by atoms with van der Waals surface area (Å²) in [5.74, 6) is 0.893. The normalized spacial score (nSPS) is 12.1. The smallest absolute Gasteiger partial charge is 0.136 e. The number of hydrogen-bond donors (Lipinski definition) is 0. The summed E-state index contributed by atoms with van der Waals surface area (Å²) >= 11 is 0. The Labute approximate surface area is 210 Å². The van der Waals surface area contributed by atoms with Crippen LogP contribution >= 0.6 is 0 Å². The van der Waals surface area contributed by atoms with Gasteiger partial charge >= 0.3 is 0 Å². The van der Waals surface area contributed by atoms with Gasteiger partial charge in [0.05, 0.1) is 6.61 Å². The molecule has 0 radical (unpaired) electrons. The van der Waals surface area contributed by atoms with Crippen molar-refractivity contribution in [2.24, 2.45) is 0 Å². The van der Waals surface area contributed by atoms with Gasteiger partial charge in [0, 0.05) is 34.8 Å². The van der Waals surface area contributed by atoms with Crippen LogP contribution in [0, 0.1) is 0 Å². The SMILES string of the molecule is CCCCCOc1ccc2oc3ccc4c(ccc5oc6ccc(CCCOCC)cc6c54)c3c2c1. The van der Waals surface area contributed by atoms with Gasteiger partial charge in [-0.15, -0.1) is 0 Å². The van der Waals surface area contributed by atoms with Crippen molar-refractivity contribution < 1.29 is 18.3 Å². The van der Waals surface area contributed by atoms with E-state index < -0.39 is 0 Å². The minimum atomic E-state index is 0.740. The molecule has 0 N–H and O–H groups in total. The van der Waals surface area contributed by atoms with Crippen LogP contribution in [0.5, 0.6) is 5.75 Å². The quantitative estimate of drug-likeness (QED) is 0.183. The predicted octanol–water partition coefficient (Wildman–Crippen LogP) is 9.18. The first-order valence-electron chi connectivity index (χ1n) is 13.2. The molecule has 0 spiro atoms. The molecule has 0 amide bonds. The number of benzene rings is 4. The van der Waals surface area contributed by atoms with E-state index in [4.69, 9.17) is 18.3 Å². The molecule has 0 atom stereocenters. The van der Waals surface area contributed by atoms with E-state index in [1.807, 2.05) is 19.1 Å². The zero-order valence-electron chi connectivity index (χ0n) is 21.1. The molecular weight excluding hydrogens is 448 g/mol. The fraction of sp³-hybridized carbons (Fsp3) is 0.312. The fourth-order valence-corrected chi connectivity index (χ4v) is 5.29. The first-order chi connectivity index (χ1) is 17.8. The van der Waals surface area contributed by atoms with E-state index in [9.17, 15) is 0 Å². The molecule has 4 aromatic carbocycles. The van der Waals surface area contributed by atoms with Gasteiger partial charge in [-0.1, -0.05) is 25.8 Å². The summed E-state index contributed by atoms with van der Waals surface area (Å²) in [7, 11) is 0. The Morgan fingerprint density at radius 3 is 1.97 bits per heavy atom. The molecule has 0 saturated carbocycles. The van der Waals surface area contributed by atoms with Crippen molar-refractivity contribution in [3.05, 3.63) is 66.2 Å². The average molecular weight is 481 g/mol. The lowest BCUT2D eigenvalue weighted by Gasteiger charge is -2.06. The van der Waals surface area contributed by atoms with Gasteiger partial charge in [0.15, 0.2) is 0 Å². The van der Waals surface area contributed by atoms with Crippen LogP contribution in [0.1, 0.15) is 45.1 Å². The minimum absolute atomic E-state index is 0.740. The minimum Gasteiger partial charge on any atom is -0.494 e. The third kappa shape index (κ3) is 4.10. The van der Waals surface area contributed by atoms with E-state index in [2.05, 4.69) is 55.5 Å². The Kier molecular flexibility index (Phi) is 6.28. The van der Waals surface area contributed by atoms with Crippen molar-refractivity contribution in [2.45, 2.75) is 46.0 Å². The maximum atomic E-state index is 6.25. The van der Waals surface area contributed by atoms with Gasteiger partial charge in [-0.25, -0.2) is 0 Å². The molecule has 36 heavy (non-hydrogen) atoms. The van der Waals surface area contributed by atoms with Crippen LogP contribution in [-0.2, 0) is 11.2 Å². The van der Waals surface area contributed by atoms with Crippen molar-refractivity contribution in [3.8, 4) is 5.75 Å². The maximum absolute atomic E-state index is 6.25. The van der Waals surface area contributed by atoms with Gasteiger partial charge in [-0.3, -0.25) is 0 Å². The highest BCUT2D eigenvalue weighted by Gasteiger charge is 2.16. The van der Waals surface area contributed by atoms with Crippen molar-refractivity contribution in [2.75, 3.05) is 19.8 Å². The topological polar surface area (TPSA) is 44.7 Å². The van der Waals surface area contributed by atoms with Gasteiger partial charge in [-0.05, 0) is 97.1 Å². The Morgan fingerprint density at radius 2 is 1.28 bits per heavy atom.